The molecule has 0 spiro atoms. The van der Waals surface area contributed by atoms with E-state index in [9.17, 15) is 14.7 Å². The van der Waals surface area contributed by atoms with Crippen LogP contribution in [0.1, 0.15) is 31.0 Å². The molecule has 7 heteroatoms. The summed E-state index contributed by atoms with van der Waals surface area (Å²) in [5.41, 5.74) is -0.000962. The molecule has 3 rings (SSSR count). The minimum absolute atomic E-state index is 0.108. The third-order valence-corrected chi connectivity index (χ3v) is 4.39. The Morgan fingerprint density at radius 3 is 2.65 bits per heavy atom. The van der Waals surface area contributed by atoms with Crippen molar-refractivity contribution in [3.63, 3.8) is 0 Å². The first-order valence-corrected chi connectivity index (χ1v) is 7.24. The lowest BCUT2D eigenvalue weighted by Gasteiger charge is -2.44. The lowest BCUT2D eigenvalue weighted by molar-refractivity contribution is -0.125. The molecule has 2 unspecified atom stereocenters. The normalized spacial score (nSPS) is 25.9. The molecule has 0 aliphatic carbocycles. The number of carbonyl (C=O) groups is 2. The van der Waals surface area contributed by atoms with E-state index in [1.807, 2.05) is 6.07 Å². The van der Waals surface area contributed by atoms with Crippen molar-refractivity contribution < 1.29 is 19.4 Å². The fraction of sp³-hybridized carbons (Fsp3) is 0.438. The van der Waals surface area contributed by atoms with Crippen LogP contribution in [0.3, 0.4) is 0 Å². The predicted octanol–water partition coefficient (Wildman–Crippen LogP) is 1.03. The number of carbonyl (C=O) groups excluding carboxylic acids is 2. The lowest BCUT2D eigenvalue weighted by atomic mass is 9.85. The molecule has 7 nitrogen and oxygen atoms in total. The van der Waals surface area contributed by atoms with E-state index >= 15 is 0 Å². The van der Waals surface area contributed by atoms with Gasteiger partial charge in [-0.1, -0.05) is 0 Å². The molecule has 120 valence electrons. The monoisotopic (exact) mass is 315 g/mol. The van der Waals surface area contributed by atoms with Gasteiger partial charge in [-0.25, -0.2) is 4.79 Å². The molecule has 1 aromatic carbocycles. The highest BCUT2D eigenvalue weighted by Crippen LogP contribution is 2.44. The second-order valence-electron chi connectivity index (χ2n) is 6.32. The first-order valence-electron chi connectivity index (χ1n) is 7.24. The zero-order valence-corrected chi connectivity index (χ0v) is 13.1. The number of nitrogens with zero attached hydrogens (tertiary/aromatic N) is 3. The van der Waals surface area contributed by atoms with Gasteiger partial charge < -0.3 is 14.7 Å². The van der Waals surface area contributed by atoms with Crippen molar-refractivity contribution in [1.82, 2.24) is 9.80 Å². The minimum atomic E-state index is -1.04. The first kappa shape index (κ1) is 15.3. The number of likely N-dealkylation sites (N-methyl/N-ethyl adjacent to an activating group) is 1. The van der Waals surface area contributed by atoms with E-state index in [-0.39, 0.29) is 12.5 Å². The molecule has 0 bridgehead atoms. The fourth-order valence-electron chi connectivity index (χ4n) is 3.01. The van der Waals surface area contributed by atoms with Crippen LogP contribution in [0.2, 0.25) is 0 Å². The molecule has 1 N–H and O–H groups in total. The van der Waals surface area contributed by atoms with Crippen LogP contribution in [-0.4, -0.2) is 52.1 Å². The summed E-state index contributed by atoms with van der Waals surface area (Å²) >= 11 is 0. The molecule has 1 aromatic rings. The molecule has 0 aromatic heterocycles. The highest BCUT2D eigenvalue weighted by molar-refractivity contribution is 6.02. The van der Waals surface area contributed by atoms with Gasteiger partial charge in [-0.05, 0) is 32.0 Å². The summed E-state index contributed by atoms with van der Waals surface area (Å²) in [6.07, 6.45) is -1.04. The van der Waals surface area contributed by atoms with Gasteiger partial charge in [-0.15, -0.1) is 0 Å². The van der Waals surface area contributed by atoms with Crippen LogP contribution in [0.15, 0.2) is 18.2 Å². The van der Waals surface area contributed by atoms with E-state index in [4.69, 9.17) is 10.00 Å². The Balaban J connectivity index is 2.13. The van der Waals surface area contributed by atoms with Gasteiger partial charge in [0.25, 0.3) is 0 Å². The summed E-state index contributed by atoms with van der Waals surface area (Å²) in [5, 5.41) is 19.8. The van der Waals surface area contributed by atoms with Gasteiger partial charge in [-0.2, -0.15) is 5.26 Å². The summed E-state index contributed by atoms with van der Waals surface area (Å²) < 4.78 is 5.81. The number of ether oxygens (including phenoxy) is 1. The maximum absolute atomic E-state index is 12.3. The summed E-state index contributed by atoms with van der Waals surface area (Å²) in [6.45, 7) is 3.33. The number of hydrogen-bond acceptors (Lipinski definition) is 5. The smallest absolute Gasteiger partial charge is 0.327 e. The van der Waals surface area contributed by atoms with E-state index in [2.05, 4.69) is 0 Å². The van der Waals surface area contributed by atoms with Crippen LogP contribution < -0.4 is 4.74 Å². The van der Waals surface area contributed by atoms with Crippen LogP contribution in [0.25, 0.3) is 0 Å². The molecular weight excluding hydrogens is 298 g/mol. The van der Waals surface area contributed by atoms with Gasteiger partial charge >= 0.3 is 6.03 Å². The zero-order chi connectivity index (χ0) is 16.9. The number of urea groups is 1. The van der Waals surface area contributed by atoms with Crippen LogP contribution in [0.5, 0.6) is 5.75 Å². The van der Waals surface area contributed by atoms with E-state index in [0.717, 1.165) is 4.90 Å². The number of aliphatic hydroxyl groups excluding tert-OH is 1. The minimum Gasteiger partial charge on any atom is -0.485 e. The van der Waals surface area contributed by atoms with Gasteiger partial charge in [0, 0.05) is 12.6 Å². The molecule has 23 heavy (non-hydrogen) atoms. The number of hydrogen-bond donors (Lipinski definition) is 1. The van der Waals surface area contributed by atoms with Crippen molar-refractivity contribution in [1.29, 1.82) is 5.26 Å². The SMILES string of the molecule is CN1C(=O)CN(C2c3cc(C#N)ccc3OC(C)(C)C2O)C1=O. The fourth-order valence-corrected chi connectivity index (χ4v) is 3.01. The summed E-state index contributed by atoms with van der Waals surface area (Å²) in [7, 11) is 1.41. The quantitative estimate of drug-likeness (QED) is 0.781. The standard InChI is InChI=1S/C16H17N3O4/c1-16(2)14(21)13(19-8-12(20)18(3)15(19)22)10-6-9(7-17)4-5-11(10)23-16/h4-6,13-14,21H,8H2,1-3H3. The molecule has 0 saturated carbocycles. The topological polar surface area (TPSA) is 93.9 Å². The number of amides is 3. The van der Waals surface area contributed by atoms with Crippen molar-refractivity contribution >= 4 is 11.9 Å². The van der Waals surface area contributed by atoms with Gasteiger partial charge in [0.05, 0.1) is 17.7 Å². The number of rotatable bonds is 1. The van der Waals surface area contributed by atoms with E-state index in [1.165, 1.54) is 11.9 Å². The summed E-state index contributed by atoms with van der Waals surface area (Å²) in [4.78, 5) is 26.6. The first-order chi connectivity index (χ1) is 10.8. The second-order valence-corrected chi connectivity index (χ2v) is 6.32. The average Bonchev–Trinajstić information content (AvgIpc) is 2.75. The van der Waals surface area contributed by atoms with Gasteiger partial charge in [0.15, 0.2) is 0 Å². The zero-order valence-electron chi connectivity index (χ0n) is 13.1. The van der Waals surface area contributed by atoms with Gasteiger partial charge in [0.2, 0.25) is 5.91 Å². The van der Waals surface area contributed by atoms with Gasteiger partial charge in [0.1, 0.15) is 24.0 Å². The predicted molar refractivity (Wildman–Crippen MR) is 79.5 cm³/mol. The van der Waals surface area contributed by atoms with E-state index < -0.39 is 23.8 Å². The highest BCUT2D eigenvalue weighted by atomic mass is 16.5. The molecule has 2 aliphatic heterocycles. The Kier molecular flexibility index (Phi) is 3.30. The number of aliphatic hydroxyl groups is 1. The van der Waals surface area contributed by atoms with E-state index in [1.54, 1.807) is 32.0 Å². The summed E-state index contributed by atoms with van der Waals surface area (Å²) in [6, 6.07) is 5.68. The molecule has 0 radical (unpaired) electrons. The molecule has 1 fully saturated rings. The van der Waals surface area contributed by atoms with Crippen LogP contribution in [0.4, 0.5) is 4.79 Å². The third-order valence-electron chi connectivity index (χ3n) is 4.39. The van der Waals surface area contributed by atoms with Crippen LogP contribution in [-0.2, 0) is 4.79 Å². The maximum Gasteiger partial charge on any atom is 0.327 e. The van der Waals surface area contributed by atoms with Crippen molar-refractivity contribution in [2.75, 3.05) is 13.6 Å². The van der Waals surface area contributed by atoms with Crippen molar-refractivity contribution in [2.24, 2.45) is 0 Å². The molecule has 1 saturated heterocycles. The Labute approximate surface area is 133 Å². The van der Waals surface area contributed by atoms with Crippen LogP contribution >= 0.6 is 0 Å². The molecule has 2 heterocycles. The second kappa shape index (κ2) is 4.96. The van der Waals surface area contributed by atoms with Crippen molar-refractivity contribution in [3.05, 3.63) is 29.3 Å². The molecule has 2 aliphatic rings. The third kappa shape index (κ3) is 2.23. The lowest BCUT2D eigenvalue weighted by Crippen LogP contribution is -2.54. The maximum atomic E-state index is 12.3. The Hall–Kier alpha value is -2.59. The Bertz CT molecular complexity index is 737. The Morgan fingerprint density at radius 1 is 1.39 bits per heavy atom. The molecular formula is C16H17N3O4. The van der Waals surface area contributed by atoms with Crippen LogP contribution in [0, 0.1) is 11.3 Å². The van der Waals surface area contributed by atoms with E-state index in [0.29, 0.717) is 16.9 Å². The Morgan fingerprint density at radius 2 is 2.09 bits per heavy atom. The molecule has 3 amide bonds. The summed E-state index contributed by atoms with van der Waals surface area (Å²) in [5.74, 6) is 0.170. The number of nitriles is 1. The van der Waals surface area contributed by atoms with Gasteiger partial charge in [-0.3, -0.25) is 9.69 Å². The van der Waals surface area contributed by atoms with Crippen molar-refractivity contribution in [3.8, 4) is 11.8 Å². The highest BCUT2D eigenvalue weighted by Gasteiger charge is 2.50. The average molecular weight is 315 g/mol. The largest absolute Gasteiger partial charge is 0.485 e. The van der Waals surface area contributed by atoms with Crippen molar-refractivity contribution in [2.45, 2.75) is 31.6 Å². The number of fused-ring (bicyclic) bond motifs is 1. The number of imide groups is 1. The molecule has 2 atom stereocenters. The number of benzene rings is 1.